The summed E-state index contributed by atoms with van der Waals surface area (Å²) in [4.78, 5) is 13.9. The maximum Gasteiger partial charge on any atom is 0.344 e. The van der Waals surface area contributed by atoms with Gasteiger partial charge in [-0.2, -0.15) is 0 Å². The number of urea groups is 1. The summed E-state index contributed by atoms with van der Waals surface area (Å²) in [6, 6.07) is -0.894. The molecule has 2 amide bonds. The molecule has 0 aliphatic carbocycles. The zero-order chi connectivity index (χ0) is 10.3. The molecule has 0 heterocycles. The summed E-state index contributed by atoms with van der Waals surface area (Å²) >= 11 is 0. The summed E-state index contributed by atoms with van der Waals surface area (Å²) in [5.74, 6) is 0. The van der Waals surface area contributed by atoms with Crippen molar-refractivity contribution in [1.82, 2.24) is 5.32 Å². The molecule has 0 aromatic heterocycles. The Morgan fingerprint density at radius 3 is 2.38 bits per heavy atom. The van der Waals surface area contributed by atoms with E-state index in [4.69, 9.17) is 10.2 Å². The Balaban J connectivity index is 3.88. The van der Waals surface area contributed by atoms with E-state index in [1.807, 2.05) is 0 Å². The first-order valence-electron chi connectivity index (χ1n) is 3.36. The van der Waals surface area contributed by atoms with Crippen LogP contribution >= 0.6 is 0 Å². The molecular formula is C6H12N2O5. The van der Waals surface area contributed by atoms with Crippen LogP contribution in [0.25, 0.3) is 0 Å². The number of methoxy groups -OCH3 is 2. The molecule has 0 atom stereocenters. The molecule has 0 rings (SSSR count). The minimum Gasteiger partial charge on any atom is -0.351 e. The highest BCUT2D eigenvalue weighted by molar-refractivity contribution is 5.84. The van der Waals surface area contributed by atoms with Crippen LogP contribution in [-0.2, 0) is 9.47 Å². The second-order valence-electron chi connectivity index (χ2n) is 1.94. The highest BCUT2D eigenvalue weighted by atomic mass is 16.7. The van der Waals surface area contributed by atoms with Crippen molar-refractivity contribution in [3.8, 4) is 0 Å². The second kappa shape index (κ2) is 6.49. The first-order valence-corrected chi connectivity index (χ1v) is 3.36. The minimum atomic E-state index is -1.92. The van der Waals surface area contributed by atoms with E-state index in [0.29, 0.717) is 0 Å². The third-order valence-electron chi connectivity index (χ3n) is 1.03. The van der Waals surface area contributed by atoms with Gasteiger partial charge in [0.2, 0.25) is 6.41 Å². The molecule has 0 saturated heterocycles. The summed E-state index contributed by atoms with van der Waals surface area (Å²) in [5.41, 5.74) is 0. The van der Waals surface area contributed by atoms with Crippen LogP contribution in [0.15, 0.2) is 4.99 Å². The molecule has 0 saturated carbocycles. The smallest absolute Gasteiger partial charge is 0.344 e. The molecule has 0 bridgehead atoms. The number of nitrogens with zero attached hydrogens (tertiary/aromatic N) is 1. The lowest BCUT2D eigenvalue weighted by Gasteiger charge is -2.06. The average Bonchev–Trinajstić information content (AvgIpc) is 2.05. The number of ether oxygens (including phenoxy) is 2. The fourth-order valence-electron chi connectivity index (χ4n) is 0.494. The average molecular weight is 192 g/mol. The van der Waals surface area contributed by atoms with E-state index in [1.165, 1.54) is 14.2 Å². The zero-order valence-electron chi connectivity index (χ0n) is 7.30. The Morgan fingerprint density at radius 1 is 1.46 bits per heavy atom. The van der Waals surface area contributed by atoms with E-state index in [0.717, 1.165) is 6.21 Å². The van der Waals surface area contributed by atoms with Gasteiger partial charge in [0, 0.05) is 14.2 Å². The van der Waals surface area contributed by atoms with Gasteiger partial charge in [0.15, 0.2) is 6.29 Å². The van der Waals surface area contributed by atoms with Crippen molar-refractivity contribution in [3.63, 3.8) is 0 Å². The van der Waals surface area contributed by atoms with Gasteiger partial charge in [0.05, 0.1) is 6.21 Å². The zero-order valence-corrected chi connectivity index (χ0v) is 7.30. The maximum atomic E-state index is 10.6. The van der Waals surface area contributed by atoms with Gasteiger partial charge >= 0.3 is 6.03 Å². The third kappa shape index (κ3) is 6.17. The standard InChI is InChI=1S/C6H12N2O5/c1-12-4(13-2)3-7-5(9)8-6(10)11/h3-4,6,10-11H,1-2H3,(H,8,9). The lowest BCUT2D eigenvalue weighted by molar-refractivity contribution is -0.0554. The molecule has 0 spiro atoms. The highest BCUT2D eigenvalue weighted by Crippen LogP contribution is 1.86. The van der Waals surface area contributed by atoms with Crippen molar-refractivity contribution in [3.05, 3.63) is 0 Å². The van der Waals surface area contributed by atoms with E-state index >= 15 is 0 Å². The first kappa shape index (κ1) is 12.0. The van der Waals surface area contributed by atoms with E-state index in [2.05, 4.69) is 14.5 Å². The summed E-state index contributed by atoms with van der Waals surface area (Å²) in [7, 11) is 2.75. The van der Waals surface area contributed by atoms with Gasteiger partial charge in [-0.05, 0) is 0 Å². The lowest BCUT2D eigenvalue weighted by atomic mass is 10.7. The summed E-state index contributed by atoms with van der Waals surface area (Å²) < 4.78 is 9.36. The second-order valence-corrected chi connectivity index (χ2v) is 1.94. The first-order chi connectivity index (χ1) is 6.10. The molecule has 0 aliphatic rings. The Labute approximate surface area is 75.0 Å². The molecule has 0 unspecified atom stereocenters. The molecule has 13 heavy (non-hydrogen) atoms. The van der Waals surface area contributed by atoms with Crippen LogP contribution in [0.2, 0.25) is 0 Å². The third-order valence-corrected chi connectivity index (χ3v) is 1.03. The van der Waals surface area contributed by atoms with Crippen LogP contribution in [0, 0.1) is 0 Å². The van der Waals surface area contributed by atoms with Crippen molar-refractivity contribution in [2.75, 3.05) is 14.2 Å². The quantitative estimate of drug-likeness (QED) is 0.378. The predicted octanol–water partition coefficient (Wildman–Crippen LogP) is -1.35. The fourth-order valence-corrected chi connectivity index (χ4v) is 0.494. The number of hydrogen-bond donors (Lipinski definition) is 3. The Kier molecular flexibility index (Phi) is 5.98. The molecule has 3 N–H and O–H groups in total. The molecule has 7 nitrogen and oxygen atoms in total. The summed E-state index contributed by atoms with van der Waals surface area (Å²) in [6.45, 7) is 0. The van der Waals surface area contributed by atoms with Crippen molar-refractivity contribution < 1.29 is 24.5 Å². The van der Waals surface area contributed by atoms with Crippen LogP contribution in [0.3, 0.4) is 0 Å². The van der Waals surface area contributed by atoms with Crippen molar-refractivity contribution in [2.24, 2.45) is 4.99 Å². The molecule has 0 radical (unpaired) electrons. The normalized spacial score (nSPS) is 11.5. The topological polar surface area (TPSA) is 100 Å². The number of amides is 2. The van der Waals surface area contributed by atoms with Gasteiger partial charge in [-0.1, -0.05) is 0 Å². The monoisotopic (exact) mass is 192 g/mol. The Bertz CT molecular complexity index is 178. The molecule has 0 fully saturated rings. The lowest BCUT2D eigenvalue weighted by Crippen LogP contribution is -2.32. The van der Waals surface area contributed by atoms with Gasteiger partial charge in [0.1, 0.15) is 0 Å². The SMILES string of the molecule is COC(C=NC(=O)NC(O)O)OC. The van der Waals surface area contributed by atoms with Crippen LogP contribution in [0.5, 0.6) is 0 Å². The molecule has 0 aromatic rings. The summed E-state index contributed by atoms with van der Waals surface area (Å²) in [6.07, 6.45) is -1.58. The molecule has 76 valence electrons. The Hall–Kier alpha value is -1.02. The van der Waals surface area contributed by atoms with Crippen LogP contribution in [0.4, 0.5) is 4.79 Å². The number of aliphatic imine (C=N–C) groups is 1. The predicted molar refractivity (Wildman–Crippen MR) is 43.1 cm³/mol. The van der Waals surface area contributed by atoms with E-state index < -0.39 is 18.7 Å². The van der Waals surface area contributed by atoms with Gasteiger partial charge in [-0.25, -0.2) is 9.79 Å². The van der Waals surface area contributed by atoms with Gasteiger partial charge in [-0.3, -0.25) is 5.32 Å². The maximum absolute atomic E-state index is 10.6. The fraction of sp³-hybridized carbons (Fsp3) is 0.667. The summed E-state index contributed by atoms with van der Waals surface area (Å²) in [5, 5.41) is 18.3. The van der Waals surface area contributed by atoms with E-state index in [9.17, 15) is 4.79 Å². The number of aliphatic hydroxyl groups excluding tert-OH is 1. The van der Waals surface area contributed by atoms with E-state index in [-0.39, 0.29) is 0 Å². The molecule has 0 aliphatic heterocycles. The largest absolute Gasteiger partial charge is 0.351 e. The number of rotatable bonds is 4. The van der Waals surface area contributed by atoms with Crippen molar-refractivity contribution in [2.45, 2.75) is 12.7 Å². The van der Waals surface area contributed by atoms with Gasteiger partial charge in [-0.15, -0.1) is 0 Å². The van der Waals surface area contributed by atoms with Crippen LogP contribution in [-0.4, -0.2) is 49.4 Å². The molecule has 7 heteroatoms. The van der Waals surface area contributed by atoms with E-state index in [1.54, 1.807) is 5.32 Å². The van der Waals surface area contributed by atoms with Gasteiger partial charge in [0.25, 0.3) is 0 Å². The number of carbonyl (C=O) groups excluding carboxylic acids is 1. The minimum absolute atomic E-state index is 0.735. The number of nitrogens with one attached hydrogen (secondary N) is 1. The highest BCUT2D eigenvalue weighted by Gasteiger charge is 2.04. The van der Waals surface area contributed by atoms with Crippen molar-refractivity contribution >= 4 is 12.2 Å². The van der Waals surface area contributed by atoms with Crippen LogP contribution in [0.1, 0.15) is 0 Å². The molecule has 0 aromatic carbocycles. The van der Waals surface area contributed by atoms with Crippen molar-refractivity contribution in [1.29, 1.82) is 0 Å². The number of aliphatic hydroxyl groups is 2. The molecular weight excluding hydrogens is 180 g/mol. The number of hydrogen-bond acceptors (Lipinski definition) is 5. The van der Waals surface area contributed by atoms with Gasteiger partial charge < -0.3 is 19.7 Å². The van der Waals surface area contributed by atoms with Crippen LogP contribution < -0.4 is 5.32 Å². The number of carbonyl (C=O) groups is 1. The Morgan fingerprint density at radius 2 is 2.00 bits per heavy atom.